The minimum absolute atomic E-state index is 0.151. The summed E-state index contributed by atoms with van der Waals surface area (Å²) in [6.45, 7) is 6.02. The van der Waals surface area contributed by atoms with Gasteiger partial charge in [-0.2, -0.15) is 0 Å². The fourth-order valence-corrected chi connectivity index (χ4v) is 2.29. The zero-order chi connectivity index (χ0) is 13.3. The Balaban J connectivity index is 2.56. The summed E-state index contributed by atoms with van der Waals surface area (Å²) in [6.07, 6.45) is 1.15. The van der Waals surface area contributed by atoms with Crippen molar-refractivity contribution in [3.8, 4) is 11.3 Å². The van der Waals surface area contributed by atoms with Gasteiger partial charge in [0.1, 0.15) is 17.9 Å². The van der Waals surface area contributed by atoms with Gasteiger partial charge in [0.2, 0.25) is 0 Å². The predicted molar refractivity (Wildman–Crippen MR) is 67.5 cm³/mol. The smallest absolute Gasteiger partial charge is 0.311 e. The zero-order valence-electron chi connectivity index (χ0n) is 10.7. The van der Waals surface area contributed by atoms with E-state index in [1.807, 2.05) is 20.8 Å². The summed E-state index contributed by atoms with van der Waals surface area (Å²) >= 11 is 0. The van der Waals surface area contributed by atoms with Crippen molar-refractivity contribution >= 4 is 5.97 Å². The first-order valence-corrected chi connectivity index (χ1v) is 5.71. The van der Waals surface area contributed by atoms with Crippen molar-refractivity contribution in [2.45, 2.75) is 27.2 Å². The van der Waals surface area contributed by atoms with Crippen molar-refractivity contribution in [2.24, 2.45) is 0 Å². The second kappa shape index (κ2) is 4.64. The molecule has 1 N–H and O–H groups in total. The average Bonchev–Trinajstić information content (AvgIpc) is 2.63. The average molecular weight is 245 g/mol. The van der Waals surface area contributed by atoms with E-state index >= 15 is 0 Å². The van der Waals surface area contributed by atoms with Gasteiger partial charge in [-0.25, -0.2) is 4.98 Å². The molecule has 1 aromatic carbocycles. The van der Waals surface area contributed by atoms with Crippen molar-refractivity contribution in [2.75, 3.05) is 0 Å². The monoisotopic (exact) mass is 245 g/mol. The highest BCUT2D eigenvalue weighted by Crippen LogP contribution is 2.30. The van der Waals surface area contributed by atoms with E-state index in [2.05, 4.69) is 17.1 Å². The van der Waals surface area contributed by atoms with Crippen LogP contribution in [0.15, 0.2) is 22.9 Å². The van der Waals surface area contributed by atoms with Gasteiger partial charge in [0.25, 0.3) is 0 Å². The lowest BCUT2D eigenvalue weighted by Crippen LogP contribution is -2.01. The molecular weight excluding hydrogens is 230 g/mol. The molecular formula is C14H15NO3. The quantitative estimate of drug-likeness (QED) is 0.903. The summed E-state index contributed by atoms with van der Waals surface area (Å²) in [4.78, 5) is 14.9. The molecule has 0 fully saturated rings. The lowest BCUT2D eigenvalue weighted by atomic mass is 9.96. The molecule has 2 aromatic rings. The van der Waals surface area contributed by atoms with Crippen LogP contribution in [0.5, 0.6) is 0 Å². The van der Waals surface area contributed by atoms with Crippen LogP contribution in [0.3, 0.4) is 0 Å². The highest BCUT2D eigenvalue weighted by atomic mass is 16.4. The summed E-state index contributed by atoms with van der Waals surface area (Å²) < 4.78 is 5.18. The number of hydrogen-bond donors (Lipinski definition) is 1. The second-order valence-corrected chi connectivity index (χ2v) is 4.47. The van der Waals surface area contributed by atoms with Crippen LogP contribution in [-0.2, 0) is 11.2 Å². The number of carboxylic acids is 1. The van der Waals surface area contributed by atoms with Crippen molar-refractivity contribution in [1.82, 2.24) is 4.98 Å². The first kappa shape index (κ1) is 12.4. The number of aryl methyl sites for hydroxylation is 3. The Morgan fingerprint density at radius 1 is 1.28 bits per heavy atom. The lowest BCUT2D eigenvalue weighted by Gasteiger charge is -2.09. The molecule has 0 atom stereocenters. The number of carbonyl (C=O) groups is 1. The maximum Gasteiger partial charge on any atom is 0.311 e. The first-order valence-electron chi connectivity index (χ1n) is 5.71. The molecule has 0 bridgehead atoms. The fraction of sp³-hybridized carbons (Fsp3) is 0.286. The summed E-state index contributed by atoms with van der Waals surface area (Å²) in [6, 6.07) is 4.11. The molecule has 4 nitrogen and oxygen atoms in total. The maximum atomic E-state index is 10.8. The third-order valence-corrected chi connectivity index (χ3v) is 2.87. The zero-order valence-corrected chi connectivity index (χ0v) is 10.7. The summed E-state index contributed by atoms with van der Waals surface area (Å²) in [5.74, 6) is -0.520. The lowest BCUT2D eigenvalue weighted by molar-refractivity contribution is -0.136. The van der Waals surface area contributed by atoms with E-state index in [9.17, 15) is 4.79 Å². The van der Waals surface area contributed by atoms with E-state index in [1.54, 1.807) is 0 Å². The van der Waals surface area contributed by atoms with Crippen LogP contribution >= 0.6 is 0 Å². The molecule has 1 heterocycles. The van der Waals surface area contributed by atoms with Gasteiger partial charge in [-0.3, -0.25) is 4.79 Å². The Bertz CT molecular complexity index is 576. The van der Waals surface area contributed by atoms with Gasteiger partial charge >= 0.3 is 5.97 Å². The fourth-order valence-electron chi connectivity index (χ4n) is 2.29. The number of oxazole rings is 1. The van der Waals surface area contributed by atoms with E-state index in [4.69, 9.17) is 9.52 Å². The van der Waals surface area contributed by atoms with Crippen molar-refractivity contribution in [1.29, 1.82) is 0 Å². The number of rotatable bonds is 3. The molecule has 94 valence electrons. The normalized spacial score (nSPS) is 10.6. The van der Waals surface area contributed by atoms with E-state index in [0.29, 0.717) is 11.5 Å². The van der Waals surface area contributed by atoms with Gasteiger partial charge in [0.15, 0.2) is 6.39 Å². The van der Waals surface area contributed by atoms with Crippen LogP contribution in [-0.4, -0.2) is 16.1 Å². The van der Waals surface area contributed by atoms with Gasteiger partial charge < -0.3 is 9.52 Å². The van der Waals surface area contributed by atoms with Crippen LogP contribution in [0.4, 0.5) is 0 Å². The molecule has 0 amide bonds. The third-order valence-electron chi connectivity index (χ3n) is 2.87. The largest absolute Gasteiger partial charge is 0.481 e. The Hall–Kier alpha value is -2.10. The second-order valence-electron chi connectivity index (χ2n) is 4.47. The van der Waals surface area contributed by atoms with Gasteiger partial charge in [-0.15, -0.1) is 0 Å². The minimum atomic E-state index is -0.921. The molecule has 2 rings (SSSR count). The van der Waals surface area contributed by atoms with E-state index in [1.165, 1.54) is 12.0 Å². The minimum Gasteiger partial charge on any atom is -0.481 e. The molecule has 0 unspecified atom stereocenters. The highest BCUT2D eigenvalue weighted by Gasteiger charge is 2.17. The van der Waals surface area contributed by atoms with Gasteiger partial charge in [0.05, 0.1) is 0 Å². The van der Waals surface area contributed by atoms with Crippen molar-refractivity contribution in [3.63, 3.8) is 0 Å². The Morgan fingerprint density at radius 3 is 2.44 bits per heavy atom. The van der Waals surface area contributed by atoms with Gasteiger partial charge in [-0.05, 0) is 31.9 Å². The Kier molecular flexibility index (Phi) is 3.19. The van der Waals surface area contributed by atoms with Crippen LogP contribution in [0.1, 0.15) is 22.5 Å². The third kappa shape index (κ3) is 2.27. The van der Waals surface area contributed by atoms with E-state index in [0.717, 1.165) is 16.7 Å². The molecule has 0 aliphatic heterocycles. The van der Waals surface area contributed by atoms with Gasteiger partial charge in [-0.1, -0.05) is 17.7 Å². The number of aliphatic carboxylic acids is 1. The molecule has 0 spiro atoms. The standard InChI is InChI=1S/C14H15NO3/c1-8-4-9(2)13(10(3)5-8)14-11(6-12(16)17)18-7-15-14/h4-5,7H,6H2,1-3H3,(H,16,17). The predicted octanol–water partition coefficient (Wildman–Crippen LogP) is 2.89. The molecule has 18 heavy (non-hydrogen) atoms. The number of carboxylic acid groups (broad SMARTS) is 1. The molecule has 4 heteroatoms. The summed E-state index contributed by atoms with van der Waals surface area (Å²) in [7, 11) is 0. The number of nitrogens with zero attached hydrogens (tertiary/aromatic N) is 1. The first-order chi connectivity index (χ1) is 8.49. The number of aromatic nitrogens is 1. The van der Waals surface area contributed by atoms with E-state index < -0.39 is 5.97 Å². The molecule has 0 aliphatic rings. The summed E-state index contributed by atoms with van der Waals surface area (Å²) in [5.41, 5.74) is 4.93. The van der Waals surface area contributed by atoms with Gasteiger partial charge in [0, 0.05) is 5.56 Å². The topological polar surface area (TPSA) is 63.3 Å². The highest BCUT2D eigenvalue weighted by molar-refractivity contribution is 5.75. The molecule has 0 aliphatic carbocycles. The van der Waals surface area contributed by atoms with Crippen molar-refractivity contribution < 1.29 is 14.3 Å². The van der Waals surface area contributed by atoms with Crippen LogP contribution < -0.4 is 0 Å². The van der Waals surface area contributed by atoms with Crippen LogP contribution in [0.25, 0.3) is 11.3 Å². The maximum absolute atomic E-state index is 10.8. The van der Waals surface area contributed by atoms with Crippen LogP contribution in [0, 0.1) is 20.8 Å². The van der Waals surface area contributed by atoms with E-state index in [-0.39, 0.29) is 6.42 Å². The molecule has 0 radical (unpaired) electrons. The Labute approximate surface area is 105 Å². The molecule has 0 saturated heterocycles. The summed E-state index contributed by atoms with van der Waals surface area (Å²) in [5, 5.41) is 8.85. The van der Waals surface area contributed by atoms with Crippen LogP contribution in [0.2, 0.25) is 0 Å². The number of benzene rings is 1. The van der Waals surface area contributed by atoms with Crippen molar-refractivity contribution in [3.05, 3.63) is 41.0 Å². The number of hydrogen-bond acceptors (Lipinski definition) is 3. The molecule has 1 aromatic heterocycles. The molecule has 0 saturated carbocycles. The Morgan fingerprint density at radius 2 is 1.89 bits per heavy atom. The SMILES string of the molecule is Cc1cc(C)c(-c2ncoc2CC(=O)O)c(C)c1.